The van der Waals surface area contributed by atoms with Crippen molar-refractivity contribution in [3.05, 3.63) is 44.3 Å². The van der Waals surface area contributed by atoms with Gasteiger partial charge in [-0.3, -0.25) is 10.1 Å². The van der Waals surface area contributed by atoms with Crippen LogP contribution in [0.5, 0.6) is 5.95 Å². The Kier molecular flexibility index (Phi) is 3.38. The van der Waals surface area contributed by atoms with E-state index in [9.17, 15) is 19.7 Å². The molecule has 0 spiro atoms. The van der Waals surface area contributed by atoms with E-state index in [4.69, 9.17) is 9.15 Å². The minimum absolute atomic E-state index is 0.0969. The van der Waals surface area contributed by atoms with Gasteiger partial charge in [-0.25, -0.2) is 9.59 Å². The Hall–Kier alpha value is -2.90. The first-order valence-electron chi connectivity index (χ1n) is 5.37. The topological polar surface area (TPSA) is 109 Å². The second-order valence-electron chi connectivity index (χ2n) is 3.73. The molecule has 0 fully saturated rings. The molecule has 0 aliphatic carbocycles. The quantitative estimate of drug-likeness (QED) is 0.475. The van der Waals surface area contributed by atoms with Gasteiger partial charge in [0.1, 0.15) is 5.56 Å². The average Bonchev–Trinajstić information content (AvgIpc) is 2.45. The molecule has 8 nitrogen and oxygen atoms in total. The molecule has 0 amide bonds. The summed E-state index contributed by atoms with van der Waals surface area (Å²) in [7, 11) is 2.38. The second kappa shape index (κ2) is 5.00. The van der Waals surface area contributed by atoms with E-state index in [0.717, 1.165) is 13.2 Å². The number of ether oxygens (including phenoxy) is 2. The first kappa shape index (κ1) is 13.5. The zero-order valence-electron chi connectivity index (χ0n) is 10.5. The van der Waals surface area contributed by atoms with Crippen molar-refractivity contribution in [1.29, 1.82) is 0 Å². The van der Waals surface area contributed by atoms with Gasteiger partial charge in [0.25, 0.3) is 5.69 Å². The van der Waals surface area contributed by atoms with Crippen LogP contribution in [-0.4, -0.2) is 25.1 Å². The van der Waals surface area contributed by atoms with E-state index >= 15 is 0 Å². The van der Waals surface area contributed by atoms with Crippen LogP contribution in [0.25, 0.3) is 10.8 Å². The predicted molar refractivity (Wildman–Crippen MR) is 67.0 cm³/mol. The third-order valence-electron chi connectivity index (χ3n) is 2.67. The fourth-order valence-corrected chi connectivity index (χ4v) is 1.77. The lowest BCUT2D eigenvalue weighted by atomic mass is 10.1. The number of esters is 1. The smallest absolute Gasteiger partial charge is 0.346 e. The van der Waals surface area contributed by atoms with Crippen molar-refractivity contribution in [3.8, 4) is 5.95 Å². The average molecular weight is 279 g/mol. The molecular weight excluding hydrogens is 270 g/mol. The van der Waals surface area contributed by atoms with Crippen molar-refractivity contribution in [2.75, 3.05) is 14.2 Å². The van der Waals surface area contributed by atoms with Gasteiger partial charge in [-0.2, -0.15) is 0 Å². The van der Waals surface area contributed by atoms with E-state index in [1.54, 1.807) is 0 Å². The molecule has 1 aromatic carbocycles. The third kappa shape index (κ3) is 2.07. The van der Waals surface area contributed by atoms with Gasteiger partial charge >= 0.3 is 17.5 Å². The SMILES string of the molecule is COC(=O)c1c(OC)oc(=O)c2cc([N+](=O)[O-])ccc12. The number of carbonyl (C=O) groups is 1. The maximum Gasteiger partial charge on any atom is 0.346 e. The largest absolute Gasteiger partial charge is 0.468 e. The van der Waals surface area contributed by atoms with E-state index in [1.807, 2.05) is 0 Å². The Morgan fingerprint density at radius 2 is 2.00 bits per heavy atom. The summed E-state index contributed by atoms with van der Waals surface area (Å²) < 4.78 is 14.3. The molecule has 0 atom stereocenters. The van der Waals surface area contributed by atoms with Crippen molar-refractivity contribution in [3.63, 3.8) is 0 Å². The molecule has 1 heterocycles. The van der Waals surface area contributed by atoms with Crippen LogP contribution in [0.3, 0.4) is 0 Å². The number of hydrogen-bond acceptors (Lipinski definition) is 7. The van der Waals surface area contributed by atoms with E-state index in [2.05, 4.69) is 4.74 Å². The summed E-state index contributed by atoms with van der Waals surface area (Å²) in [5, 5.41) is 10.8. The summed E-state index contributed by atoms with van der Waals surface area (Å²) in [6.45, 7) is 0. The van der Waals surface area contributed by atoms with Crippen molar-refractivity contribution < 1.29 is 23.6 Å². The van der Waals surface area contributed by atoms with Gasteiger partial charge in [0.05, 0.1) is 24.5 Å². The predicted octanol–water partition coefficient (Wildman–Crippen LogP) is 1.50. The Morgan fingerprint density at radius 1 is 1.30 bits per heavy atom. The molecule has 0 bridgehead atoms. The molecule has 2 rings (SSSR count). The lowest BCUT2D eigenvalue weighted by Gasteiger charge is -2.07. The molecule has 0 aliphatic heterocycles. The maximum absolute atomic E-state index is 11.8. The van der Waals surface area contributed by atoms with Crippen LogP contribution in [0.1, 0.15) is 10.4 Å². The summed E-state index contributed by atoms with van der Waals surface area (Å²) in [5.74, 6) is -1.08. The first-order valence-corrected chi connectivity index (χ1v) is 5.37. The van der Waals surface area contributed by atoms with Crippen LogP contribution >= 0.6 is 0 Å². The summed E-state index contributed by atoms with van der Waals surface area (Å²) in [4.78, 5) is 33.6. The minimum Gasteiger partial charge on any atom is -0.468 e. The van der Waals surface area contributed by atoms with Gasteiger partial charge < -0.3 is 13.9 Å². The highest BCUT2D eigenvalue weighted by Gasteiger charge is 2.23. The first-order chi connectivity index (χ1) is 9.49. The number of methoxy groups -OCH3 is 2. The lowest BCUT2D eigenvalue weighted by Crippen LogP contribution is -2.11. The number of carbonyl (C=O) groups excluding carboxylic acids is 1. The Morgan fingerprint density at radius 3 is 2.55 bits per heavy atom. The normalized spacial score (nSPS) is 10.3. The molecule has 2 aromatic rings. The monoisotopic (exact) mass is 279 g/mol. The van der Waals surface area contributed by atoms with Gasteiger partial charge in [-0.05, 0) is 6.07 Å². The van der Waals surface area contributed by atoms with Crippen molar-refractivity contribution in [1.82, 2.24) is 0 Å². The van der Waals surface area contributed by atoms with Crippen LogP contribution in [0.15, 0.2) is 27.4 Å². The number of non-ortho nitro benzene ring substituents is 1. The summed E-state index contributed by atoms with van der Waals surface area (Å²) in [5.41, 5.74) is -1.22. The van der Waals surface area contributed by atoms with Gasteiger partial charge in [0.15, 0.2) is 0 Å². The van der Waals surface area contributed by atoms with Crippen LogP contribution in [0.4, 0.5) is 5.69 Å². The van der Waals surface area contributed by atoms with Gasteiger partial charge in [0.2, 0.25) is 0 Å². The Labute approximate surface area is 111 Å². The third-order valence-corrected chi connectivity index (χ3v) is 2.67. The van der Waals surface area contributed by atoms with E-state index < -0.39 is 16.5 Å². The number of fused-ring (bicyclic) bond motifs is 1. The highest BCUT2D eigenvalue weighted by atomic mass is 16.6. The van der Waals surface area contributed by atoms with Crippen LogP contribution < -0.4 is 10.4 Å². The molecule has 0 N–H and O–H groups in total. The molecule has 0 saturated carbocycles. The molecule has 0 aliphatic rings. The number of nitro groups is 1. The van der Waals surface area contributed by atoms with Crippen LogP contribution in [0.2, 0.25) is 0 Å². The molecule has 8 heteroatoms. The highest BCUT2D eigenvalue weighted by molar-refractivity contribution is 6.06. The molecule has 0 saturated heterocycles. The summed E-state index contributed by atoms with van der Waals surface area (Å²) in [6.07, 6.45) is 0. The summed E-state index contributed by atoms with van der Waals surface area (Å²) in [6, 6.07) is 3.49. The molecular formula is C12H9NO7. The molecule has 104 valence electrons. The minimum atomic E-state index is -0.840. The highest BCUT2D eigenvalue weighted by Crippen LogP contribution is 2.28. The molecule has 1 aromatic heterocycles. The van der Waals surface area contributed by atoms with Crippen molar-refractivity contribution in [2.24, 2.45) is 0 Å². The zero-order chi connectivity index (χ0) is 14.9. The van der Waals surface area contributed by atoms with Crippen molar-refractivity contribution >= 4 is 22.4 Å². The molecule has 0 unspecified atom stereocenters. The van der Waals surface area contributed by atoms with Gasteiger partial charge in [0, 0.05) is 17.5 Å². The fraction of sp³-hybridized carbons (Fsp3) is 0.167. The van der Waals surface area contributed by atoms with Crippen LogP contribution in [-0.2, 0) is 4.74 Å². The standard InChI is InChI=1S/C12H9NO7/c1-18-11(15)9-7-4-3-6(13(16)17)5-8(7)10(14)20-12(9)19-2/h3-5H,1-2H3. The van der Waals surface area contributed by atoms with Crippen molar-refractivity contribution in [2.45, 2.75) is 0 Å². The van der Waals surface area contributed by atoms with E-state index in [-0.39, 0.29) is 28.0 Å². The number of nitro benzene ring substituents is 1. The maximum atomic E-state index is 11.8. The number of rotatable bonds is 3. The molecule has 20 heavy (non-hydrogen) atoms. The van der Waals surface area contributed by atoms with Crippen LogP contribution in [0, 0.1) is 10.1 Å². The second-order valence-corrected chi connectivity index (χ2v) is 3.73. The van der Waals surface area contributed by atoms with E-state index in [1.165, 1.54) is 19.2 Å². The van der Waals surface area contributed by atoms with Gasteiger partial charge in [-0.15, -0.1) is 0 Å². The number of benzene rings is 1. The Bertz CT molecular complexity index is 762. The zero-order valence-corrected chi connectivity index (χ0v) is 10.5. The summed E-state index contributed by atoms with van der Waals surface area (Å²) >= 11 is 0. The van der Waals surface area contributed by atoms with Gasteiger partial charge in [-0.1, -0.05) is 0 Å². The fourth-order valence-electron chi connectivity index (χ4n) is 1.77. The lowest BCUT2D eigenvalue weighted by molar-refractivity contribution is -0.384. The molecule has 0 radical (unpaired) electrons. The Balaban J connectivity index is 2.89. The number of hydrogen-bond donors (Lipinski definition) is 0. The number of nitrogens with zero attached hydrogens (tertiary/aromatic N) is 1. The van der Waals surface area contributed by atoms with E-state index in [0.29, 0.717) is 0 Å².